The Hall–Kier alpha value is -4.43. The number of amides is 4. The molecule has 0 aromatic heterocycles. The molecule has 4 aromatic rings. The number of hydrogen-bond acceptors (Lipinski definition) is 5. The van der Waals surface area contributed by atoms with Gasteiger partial charge in [0, 0.05) is 10.0 Å². The molecule has 1 aliphatic heterocycles. The van der Waals surface area contributed by atoms with Gasteiger partial charge in [-0.25, -0.2) is 9.69 Å². The number of nitrogens with zero attached hydrogens (tertiary/aromatic N) is 1. The average Bonchev–Trinajstić information content (AvgIpc) is 2.91. The van der Waals surface area contributed by atoms with Crippen LogP contribution in [0.15, 0.2) is 95.0 Å². The largest absolute Gasteiger partial charge is 0.497 e. The average molecular weight is 557 g/mol. The van der Waals surface area contributed by atoms with Crippen LogP contribution in [0.1, 0.15) is 11.1 Å². The van der Waals surface area contributed by atoms with Crippen LogP contribution in [-0.4, -0.2) is 25.0 Å². The first kappa shape index (κ1) is 24.3. The molecule has 1 aliphatic rings. The molecule has 4 amide bonds. The van der Waals surface area contributed by atoms with Gasteiger partial charge in [0.15, 0.2) is 0 Å². The number of imide groups is 2. The lowest BCUT2D eigenvalue weighted by atomic mass is 9.99. The number of urea groups is 1. The number of rotatable bonds is 6. The number of benzene rings is 4. The molecule has 184 valence electrons. The quantitative estimate of drug-likeness (QED) is 0.237. The van der Waals surface area contributed by atoms with E-state index in [1.807, 2.05) is 60.7 Å². The molecule has 0 bridgehead atoms. The SMILES string of the molecule is COc1ccc(N2C(=O)NC(=O)/C(=C\c3c(OCc4ccc(Br)cc4)ccc4ccccc34)C2=O)cc1. The van der Waals surface area contributed by atoms with Gasteiger partial charge in [-0.05, 0) is 64.9 Å². The molecule has 4 aromatic carbocycles. The minimum atomic E-state index is -0.818. The highest BCUT2D eigenvalue weighted by Crippen LogP contribution is 2.32. The highest BCUT2D eigenvalue weighted by atomic mass is 79.9. The Morgan fingerprint density at radius 3 is 2.35 bits per heavy atom. The van der Waals surface area contributed by atoms with Crippen LogP contribution < -0.4 is 19.7 Å². The van der Waals surface area contributed by atoms with Crippen molar-refractivity contribution >= 4 is 56.3 Å². The Bertz CT molecular complexity index is 1550. The zero-order chi connectivity index (χ0) is 25.9. The van der Waals surface area contributed by atoms with Crippen LogP contribution >= 0.6 is 15.9 Å². The summed E-state index contributed by atoms with van der Waals surface area (Å²) in [7, 11) is 1.52. The van der Waals surface area contributed by atoms with Crippen molar-refractivity contribution in [2.24, 2.45) is 0 Å². The lowest BCUT2D eigenvalue weighted by Crippen LogP contribution is -2.54. The molecule has 0 aliphatic carbocycles. The van der Waals surface area contributed by atoms with Crippen LogP contribution in [-0.2, 0) is 16.2 Å². The number of methoxy groups -OCH3 is 1. The second-order valence-electron chi connectivity index (χ2n) is 8.27. The molecule has 0 radical (unpaired) electrons. The van der Waals surface area contributed by atoms with Gasteiger partial charge in [-0.1, -0.05) is 58.4 Å². The molecular weight excluding hydrogens is 536 g/mol. The fourth-order valence-corrected chi connectivity index (χ4v) is 4.32. The summed E-state index contributed by atoms with van der Waals surface area (Å²) in [5.74, 6) is -0.427. The summed E-state index contributed by atoms with van der Waals surface area (Å²) in [6, 6.07) is 24.7. The van der Waals surface area contributed by atoms with Gasteiger partial charge in [0.1, 0.15) is 23.7 Å². The summed E-state index contributed by atoms with van der Waals surface area (Å²) < 4.78 is 12.3. The summed E-state index contributed by atoms with van der Waals surface area (Å²) in [6.07, 6.45) is 1.49. The second-order valence-corrected chi connectivity index (χ2v) is 9.19. The first-order chi connectivity index (χ1) is 17.9. The van der Waals surface area contributed by atoms with Crippen molar-refractivity contribution in [1.82, 2.24) is 5.32 Å². The molecule has 0 spiro atoms. The van der Waals surface area contributed by atoms with E-state index in [1.54, 1.807) is 24.3 Å². The van der Waals surface area contributed by atoms with E-state index < -0.39 is 17.8 Å². The Morgan fingerprint density at radius 2 is 1.62 bits per heavy atom. The number of anilines is 1. The maximum absolute atomic E-state index is 13.5. The van der Waals surface area contributed by atoms with Crippen molar-refractivity contribution in [3.05, 3.63) is 106 Å². The Balaban J connectivity index is 1.56. The van der Waals surface area contributed by atoms with E-state index in [4.69, 9.17) is 9.47 Å². The number of nitrogens with one attached hydrogen (secondary N) is 1. The van der Waals surface area contributed by atoms with Crippen LogP contribution in [0.2, 0.25) is 0 Å². The van der Waals surface area contributed by atoms with E-state index >= 15 is 0 Å². The van der Waals surface area contributed by atoms with Gasteiger partial charge in [-0.2, -0.15) is 0 Å². The summed E-state index contributed by atoms with van der Waals surface area (Å²) in [5, 5.41) is 3.99. The third-order valence-electron chi connectivity index (χ3n) is 5.96. The van der Waals surface area contributed by atoms with E-state index in [2.05, 4.69) is 21.2 Å². The van der Waals surface area contributed by atoms with Gasteiger partial charge in [0.25, 0.3) is 11.8 Å². The summed E-state index contributed by atoms with van der Waals surface area (Å²) in [5.41, 5.74) is 1.65. The van der Waals surface area contributed by atoms with Crippen molar-refractivity contribution in [2.45, 2.75) is 6.61 Å². The van der Waals surface area contributed by atoms with E-state index in [-0.39, 0.29) is 5.57 Å². The molecule has 37 heavy (non-hydrogen) atoms. The summed E-state index contributed by atoms with van der Waals surface area (Å²) >= 11 is 3.43. The number of carbonyl (C=O) groups is 3. The zero-order valence-electron chi connectivity index (χ0n) is 19.7. The van der Waals surface area contributed by atoms with E-state index in [0.717, 1.165) is 25.7 Å². The third-order valence-corrected chi connectivity index (χ3v) is 6.49. The molecule has 0 unspecified atom stereocenters. The Morgan fingerprint density at radius 1 is 0.892 bits per heavy atom. The standard InChI is InChI=1S/C29H21BrN2O5/c1-36-22-13-11-21(12-14-22)32-28(34)25(27(33)31-29(32)35)16-24-23-5-3-2-4-19(23)8-15-26(24)37-17-18-6-9-20(30)10-7-18/h2-16H,17H2,1H3,(H,31,33,35)/b25-16+. The molecule has 1 fully saturated rings. The van der Waals surface area contributed by atoms with Gasteiger partial charge in [0.2, 0.25) is 0 Å². The Kier molecular flexibility index (Phi) is 6.74. The fourth-order valence-electron chi connectivity index (χ4n) is 4.06. The lowest BCUT2D eigenvalue weighted by molar-refractivity contribution is -0.122. The highest BCUT2D eigenvalue weighted by Gasteiger charge is 2.37. The summed E-state index contributed by atoms with van der Waals surface area (Å²) in [6.45, 7) is 0.290. The zero-order valence-corrected chi connectivity index (χ0v) is 21.3. The molecule has 7 nitrogen and oxygen atoms in total. The number of barbiturate groups is 1. The number of ether oxygens (including phenoxy) is 2. The molecule has 8 heteroatoms. The minimum Gasteiger partial charge on any atom is -0.497 e. The van der Waals surface area contributed by atoms with E-state index in [0.29, 0.717) is 29.4 Å². The van der Waals surface area contributed by atoms with Crippen LogP contribution in [0.5, 0.6) is 11.5 Å². The molecule has 1 heterocycles. The monoisotopic (exact) mass is 556 g/mol. The van der Waals surface area contributed by atoms with E-state index in [1.165, 1.54) is 13.2 Å². The van der Waals surface area contributed by atoms with Crippen molar-refractivity contribution < 1.29 is 23.9 Å². The molecule has 1 N–H and O–H groups in total. The smallest absolute Gasteiger partial charge is 0.335 e. The number of carbonyl (C=O) groups excluding carboxylic acids is 3. The van der Waals surface area contributed by atoms with Crippen molar-refractivity contribution in [3.63, 3.8) is 0 Å². The number of fused-ring (bicyclic) bond motifs is 1. The molecular formula is C29H21BrN2O5. The lowest BCUT2D eigenvalue weighted by Gasteiger charge is -2.26. The first-order valence-corrected chi connectivity index (χ1v) is 12.2. The fraction of sp³-hybridized carbons (Fsp3) is 0.0690. The first-order valence-electron chi connectivity index (χ1n) is 11.4. The van der Waals surface area contributed by atoms with Crippen molar-refractivity contribution in [2.75, 3.05) is 12.0 Å². The predicted molar refractivity (Wildman–Crippen MR) is 144 cm³/mol. The minimum absolute atomic E-state index is 0.180. The molecule has 0 saturated carbocycles. The van der Waals surface area contributed by atoms with Crippen molar-refractivity contribution in [3.8, 4) is 11.5 Å². The maximum Gasteiger partial charge on any atom is 0.335 e. The normalized spacial score (nSPS) is 14.7. The topological polar surface area (TPSA) is 84.9 Å². The van der Waals surface area contributed by atoms with Gasteiger partial charge in [0.05, 0.1) is 12.8 Å². The maximum atomic E-state index is 13.5. The van der Waals surface area contributed by atoms with Crippen molar-refractivity contribution in [1.29, 1.82) is 0 Å². The van der Waals surface area contributed by atoms with Gasteiger partial charge in [-0.3, -0.25) is 14.9 Å². The predicted octanol–water partition coefficient (Wildman–Crippen LogP) is 5.86. The van der Waals surface area contributed by atoms with Gasteiger partial charge in [-0.15, -0.1) is 0 Å². The van der Waals surface area contributed by atoms with Crippen LogP contribution in [0.4, 0.5) is 10.5 Å². The van der Waals surface area contributed by atoms with Gasteiger partial charge >= 0.3 is 6.03 Å². The third kappa shape index (κ3) is 4.96. The number of halogens is 1. The van der Waals surface area contributed by atoms with Crippen LogP contribution in [0, 0.1) is 0 Å². The molecule has 0 atom stereocenters. The highest BCUT2D eigenvalue weighted by molar-refractivity contribution is 9.10. The Labute approximate surface area is 221 Å². The molecule has 5 rings (SSSR count). The van der Waals surface area contributed by atoms with Crippen LogP contribution in [0.25, 0.3) is 16.8 Å². The molecule has 1 saturated heterocycles. The number of hydrogen-bond donors (Lipinski definition) is 1. The van der Waals surface area contributed by atoms with E-state index in [9.17, 15) is 14.4 Å². The second kappa shape index (κ2) is 10.3. The van der Waals surface area contributed by atoms with Crippen LogP contribution in [0.3, 0.4) is 0 Å². The summed E-state index contributed by atoms with van der Waals surface area (Å²) in [4.78, 5) is 39.9. The van der Waals surface area contributed by atoms with Gasteiger partial charge < -0.3 is 9.47 Å².